The molecule has 0 atom stereocenters. The average Bonchev–Trinajstić information content (AvgIpc) is 2.92. The number of hydrogen-bond acceptors (Lipinski definition) is 4. The number of nitrogens with one attached hydrogen (secondary N) is 2. The molecule has 118 valence electrons. The standard InChI is InChI=1S/C16H21N3O2S/c1-16(2,3)21-15(20)18-10-14-17-9-13(19-14)11-5-7-12(22-4)8-6-11/h5-9H,10H2,1-4H3,(H,17,19)(H,18,20). The summed E-state index contributed by atoms with van der Waals surface area (Å²) in [5.41, 5.74) is 1.49. The molecule has 0 unspecified atom stereocenters. The zero-order valence-corrected chi connectivity index (χ0v) is 14.1. The van der Waals surface area contributed by atoms with E-state index >= 15 is 0 Å². The van der Waals surface area contributed by atoms with E-state index in [1.165, 1.54) is 4.90 Å². The number of hydrogen-bond donors (Lipinski definition) is 2. The van der Waals surface area contributed by atoms with E-state index in [9.17, 15) is 4.79 Å². The van der Waals surface area contributed by atoms with Crippen molar-refractivity contribution in [1.29, 1.82) is 0 Å². The van der Waals surface area contributed by atoms with Gasteiger partial charge >= 0.3 is 6.09 Å². The lowest BCUT2D eigenvalue weighted by molar-refractivity contribution is 0.0522. The highest BCUT2D eigenvalue weighted by molar-refractivity contribution is 7.98. The minimum Gasteiger partial charge on any atom is -0.444 e. The molecule has 6 heteroatoms. The topological polar surface area (TPSA) is 67.0 Å². The Morgan fingerprint density at radius 3 is 2.59 bits per heavy atom. The molecule has 1 aromatic carbocycles. The number of ether oxygens (including phenoxy) is 1. The van der Waals surface area contributed by atoms with Crippen LogP contribution < -0.4 is 5.32 Å². The maximum Gasteiger partial charge on any atom is 0.408 e. The first kappa shape index (κ1) is 16.4. The predicted molar refractivity (Wildman–Crippen MR) is 88.9 cm³/mol. The number of rotatable bonds is 4. The van der Waals surface area contributed by atoms with Crippen LogP contribution in [-0.2, 0) is 11.3 Å². The number of carbonyl (C=O) groups is 1. The summed E-state index contributed by atoms with van der Waals surface area (Å²) in [6.45, 7) is 5.79. The molecule has 0 saturated carbocycles. The zero-order valence-electron chi connectivity index (χ0n) is 13.3. The Hall–Kier alpha value is -1.95. The summed E-state index contributed by atoms with van der Waals surface area (Å²) >= 11 is 1.71. The van der Waals surface area contributed by atoms with Crippen LogP contribution in [0.2, 0.25) is 0 Å². The molecular formula is C16H21N3O2S. The molecule has 0 radical (unpaired) electrons. The third kappa shape index (κ3) is 4.80. The fourth-order valence-corrected chi connectivity index (χ4v) is 2.25. The van der Waals surface area contributed by atoms with Gasteiger partial charge in [-0.2, -0.15) is 0 Å². The molecule has 1 aromatic heterocycles. The summed E-state index contributed by atoms with van der Waals surface area (Å²) in [5.74, 6) is 0.690. The van der Waals surface area contributed by atoms with Gasteiger partial charge in [-0.05, 0) is 44.7 Å². The molecule has 0 aliphatic rings. The second-order valence-corrected chi connectivity index (χ2v) is 6.71. The highest BCUT2D eigenvalue weighted by Crippen LogP contribution is 2.21. The summed E-state index contributed by atoms with van der Waals surface area (Å²) in [5, 5.41) is 2.68. The van der Waals surface area contributed by atoms with E-state index in [0.717, 1.165) is 11.3 Å². The largest absolute Gasteiger partial charge is 0.444 e. The molecule has 0 spiro atoms. The Kier molecular flexibility index (Phi) is 5.13. The minimum absolute atomic E-state index is 0.303. The molecule has 0 aliphatic carbocycles. The van der Waals surface area contributed by atoms with Gasteiger partial charge in [0.2, 0.25) is 0 Å². The minimum atomic E-state index is -0.503. The second kappa shape index (κ2) is 6.87. The van der Waals surface area contributed by atoms with Crippen LogP contribution in [0.5, 0.6) is 0 Å². The van der Waals surface area contributed by atoms with E-state index in [4.69, 9.17) is 4.74 Å². The normalized spacial score (nSPS) is 11.3. The lowest BCUT2D eigenvalue weighted by Gasteiger charge is -2.19. The summed E-state index contributed by atoms with van der Waals surface area (Å²) < 4.78 is 5.18. The van der Waals surface area contributed by atoms with Crippen molar-refractivity contribution in [1.82, 2.24) is 15.3 Å². The van der Waals surface area contributed by atoms with E-state index in [1.807, 2.05) is 39.2 Å². The van der Waals surface area contributed by atoms with Crippen molar-refractivity contribution in [2.45, 2.75) is 37.8 Å². The van der Waals surface area contributed by atoms with Gasteiger partial charge in [-0.3, -0.25) is 0 Å². The smallest absolute Gasteiger partial charge is 0.408 e. The first-order chi connectivity index (χ1) is 10.4. The van der Waals surface area contributed by atoms with Crippen LogP contribution in [0.4, 0.5) is 4.79 Å². The highest BCUT2D eigenvalue weighted by Gasteiger charge is 2.16. The molecule has 2 N–H and O–H groups in total. The number of H-pyrrole nitrogens is 1. The number of imidazole rings is 1. The quantitative estimate of drug-likeness (QED) is 0.841. The Balaban J connectivity index is 1.95. The van der Waals surface area contributed by atoms with Crippen LogP contribution in [0.15, 0.2) is 35.4 Å². The first-order valence-electron chi connectivity index (χ1n) is 7.02. The van der Waals surface area contributed by atoms with Gasteiger partial charge in [0, 0.05) is 4.90 Å². The van der Waals surface area contributed by atoms with Crippen LogP contribution in [0.3, 0.4) is 0 Å². The number of nitrogens with zero attached hydrogens (tertiary/aromatic N) is 1. The zero-order chi connectivity index (χ0) is 16.2. The van der Waals surface area contributed by atoms with Gasteiger partial charge < -0.3 is 15.0 Å². The number of carbonyl (C=O) groups excluding carboxylic acids is 1. The van der Waals surface area contributed by atoms with Gasteiger partial charge in [0.05, 0.1) is 18.4 Å². The summed E-state index contributed by atoms with van der Waals surface area (Å²) in [6, 6.07) is 8.23. The van der Waals surface area contributed by atoms with Crippen molar-refractivity contribution in [3.05, 3.63) is 36.3 Å². The van der Waals surface area contributed by atoms with E-state index in [2.05, 4.69) is 27.4 Å². The van der Waals surface area contributed by atoms with E-state index in [0.29, 0.717) is 12.4 Å². The molecule has 2 aromatic rings. The number of aromatic amines is 1. The monoisotopic (exact) mass is 319 g/mol. The van der Waals surface area contributed by atoms with E-state index in [1.54, 1.807) is 18.0 Å². The third-order valence-electron chi connectivity index (χ3n) is 2.83. The Labute approximate surface area is 134 Å². The number of aromatic nitrogens is 2. The molecule has 0 aliphatic heterocycles. The lowest BCUT2D eigenvalue weighted by atomic mass is 10.2. The first-order valence-corrected chi connectivity index (χ1v) is 8.25. The van der Waals surface area contributed by atoms with Crippen molar-refractivity contribution in [3.8, 4) is 11.3 Å². The molecule has 0 bridgehead atoms. The van der Waals surface area contributed by atoms with Crippen molar-refractivity contribution in [2.24, 2.45) is 0 Å². The molecule has 5 nitrogen and oxygen atoms in total. The van der Waals surface area contributed by atoms with Gasteiger partial charge in [-0.1, -0.05) is 12.1 Å². The lowest BCUT2D eigenvalue weighted by Crippen LogP contribution is -2.32. The SMILES string of the molecule is CSc1ccc(-c2cnc(CNC(=O)OC(C)(C)C)[nH]2)cc1. The Morgan fingerprint density at radius 1 is 1.32 bits per heavy atom. The van der Waals surface area contributed by atoms with E-state index < -0.39 is 11.7 Å². The van der Waals surface area contributed by atoms with Crippen molar-refractivity contribution in [3.63, 3.8) is 0 Å². The maximum absolute atomic E-state index is 11.6. The number of alkyl carbamates (subject to hydrolysis) is 1. The molecular weight excluding hydrogens is 298 g/mol. The van der Waals surface area contributed by atoms with Crippen molar-refractivity contribution < 1.29 is 9.53 Å². The van der Waals surface area contributed by atoms with Crippen LogP contribution in [0.25, 0.3) is 11.3 Å². The number of thioether (sulfide) groups is 1. The summed E-state index contributed by atoms with van der Waals surface area (Å²) in [7, 11) is 0. The van der Waals surface area contributed by atoms with Crippen molar-refractivity contribution in [2.75, 3.05) is 6.26 Å². The summed E-state index contributed by atoms with van der Waals surface area (Å²) in [4.78, 5) is 20.3. The fourth-order valence-electron chi connectivity index (χ4n) is 1.84. The van der Waals surface area contributed by atoms with Crippen LogP contribution in [-0.4, -0.2) is 27.9 Å². The predicted octanol–water partition coefficient (Wildman–Crippen LogP) is 3.82. The molecule has 22 heavy (non-hydrogen) atoms. The highest BCUT2D eigenvalue weighted by atomic mass is 32.2. The van der Waals surface area contributed by atoms with Gasteiger partial charge in [0.1, 0.15) is 11.4 Å². The number of amides is 1. The van der Waals surface area contributed by atoms with Crippen LogP contribution in [0, 0.1) is 0 Å². The van der Waals surface area contributed by atoms with Gasteiger partial charge in [0.25, 0.3) is 0 Å². The summed E-state index contributed by atoms with van der Waals surface area (Å²) in [6.07, 6.45) is 3.36. The van der Waals surface area contributed by atoms with Gasteiger partial charge in [0.15, 0.2) is 0 Å². The Morgan fingerprint density at radius 2 is 2.00 bits per heavy atom. The van der Waals surface area contributed by atoms with Gasteiger partial charge in [-0.15, -0.1) is 11.8 Å². The maximum atomic E-state index is 11.6. The third-order valence-corrected chi connectivity index (χ3v) is 3.57. The molecule has 0 fully saturated rings. The van der Waals surface area contributed by atoms with Crippen LogP contribution in [0.1, 0.15) is 26.6 Å². The number of benzene rings is 1. The molecule has 1 amide bonds. The average molecular weight is 319 g/mol. The van der Waals surface area contributed by atoms with Gasteiger partial charge in [-0.25, -0.2) is 9.78 Å². The molecule has 0 saturated heterocycles. The molecule has 1 heterocycles. The van der Waals surface area contributed by atoms with Crippen LogP contribution >= 0.6 is 11.8 Å². The van der Waals surface area contributed by atoms with E-state index in [-0.39, 0.29) is 0 Å². The second-order valence-electron chi connectivity index (χ2n) is 5.83. The van der Waals surface area contributed by atoms with Crippen molar-refractivity contribution >= 4 is 17.9 Å². The molecule has 2 rings (SSSR count). The fraction of sp³-hybridized carbons (Fsp3) is 0.375. The Bertz CT molecular complexity index is 630.